The van der Waals surface area contributed by atoms with Crippen molar-refractivity contribution in [2.24, 2.45) is 0 Å². The number of hydrogen-bond donors (Lipinski definition) is 3. The van der Waals surface area contributed by atoms with Crippen molar-refractivity contribution >= 4 is 30.5 Å². The Morgan fingerprint density at radius 3 is 3.08 bits per heavy atom. The second-order valence-corrected chi connectivity index (χ2v) is 3.27. The number of H-pyrrole nitrogens is 2. The number of fused-ring (bicyclic) bond motifs is 1. The average Bonchev–Trinajstić information content (AvgIpc) is 2.30. The second-order valence-electron chi connectivity index (χ2n) is 2.34. The molecule has 2 rings (SSSR count). The van der Waals surface area contributed by atoms with Crippen LogP contribution in [0.1, 0.15) is 0 Å². The first-order valence-electron chi connectivity index (χ1n) is 3.20. The Morgan fingerprint density at radius 2 is 2.33 bits per heavy atom. The first-order chi connectivity index (χ1) is 5.66. The van der Waals surface area contributed by atoms with Crippen molar-refractivity contribution in [3.05, 3.63) is 27.3 Å². The SMILES string of the molecule is O=c1[nH]c2cc(=S)[nH]n2cc1S. The molecule has 2 aromatic heterocycles. The third-order valence-electron chi connectivity index (χ3n) is 1.48. The fourth-order valence-electron chi connectivity index (χ4n) is 0.964. The summed E-state index contributed by atoms with van der Waals surface area (Å²) in [4.78, 5) is 14.0. The van der Waals surface area contributed by atoms with Crippen molar-refractivity contribution in [3.8, 4) is 0 Å². The fourth-order valence-corrected chi connectivity index (χ4v) is 1.35. The van der Waals surface area contributed by atoms with Crippen molar-refractivity contribution < 1.29 is 0 Å². The topological polar surface area (TPSA) is 53.1 Å². The van der Waals surface area contributed by atoms with E-state index in [1.165, 1.54) is 0 Å². The van der Waals surface area contributed by atoms with Crippen LogP contribution in [0, 0.1) is 4.64 Å². The number of aromatic nitrogens is 3. The Hall–Kier alpha value is -1.01. The number of rotatable bonds is 0. The van der Waals surface area contributed by atoms with Crippen LogP contribution in [-0.2, 0) is 0 Å². The third-order valence-corrected chi connectivity index (χ3v) is 2.01. The number of nitrogens with one attached hydrogen (secondary N) is 2. The van der Waals surface area contributed by atoms with Crippen molar-refractivity contribution in [3.63, 3.8) is 0 Å². The fraction of sp³-hybridized carbons (Fsp3) is 0. The van der Waals surface area contributed by atoms with Crippen LogP contribution in [0.3, 0.4) is 0 Å². The Bertz CT molecular complexity index is 535. The first-order valence-corrected chi connectivity index (χ1v) is 4.06. The molecule has 2 heterocycles. The Labute approximate surface area is 77.6 Å². The second kappa shape index (κ2) is 2.49. The molecular weight excluding hydrogens is 194 g/mol. The lowest BCUT2D eigenvalue weighted by atomic mass is 10.6. The van der Waals surface area contributed by atoms with Gasteiger partial charge < -0.3 is 4.98 Å². The highest BCUT2D eigenvalue weighted by molar-refractivity contribution is 7.80. The average molecular weight is 199 g/mol. The molecule has 0 saturated heterocycles. The summed E-state index contributed by atoms with van der Waals surface area (Å²) in [5.74, 6) is 0. The molecule has 0 aromatic carbocycles. The molecule has 0 radical (unpaired) electrons. The monoisotopic (exact) mass is 199 g/mol. The van der Waals surface area contributed by atoms with Gasteiger partial charge in [0.25, 0.3) is 5.56 Å². The highest BCUT2D eigenvalue weighted by Gasteiger charge is 1.97. The largest absolute Gasteiger partial charge is 0.306 e. The van der Waals surface area contributed by atoms with Gasteiger partial charge in [0, 0.05) is 12.3 Å². The van der Waals surface area contributed by atoms with Crippen LogP contribution in [0.25, 0.3) is 5.65 Å². The van der Waals surface area contributed by atoms with E-state index < -0.39 is 0 Å². The molecule has 0 bridgehead atoms. The Morgan fingerprint density at radius 1 is 1.58 bits per heavy atom. The smallest absolute Gasteiger partial charge is 0.264 e. The third kappa shape index (κ3) is 1.09. The normalized spacial score (nSPS) is 10.8. The van der Waals surface area contributed by atoms with Crippen molar-refractivity contribution in [1.29, 1.82) is 0 Å². The lowest BCUT2D eigenvalue weighted by Crippen LogP contribution is -2.09. The van der Waals surface area contributed by atoms with E-state index in [-0.39, 0.29) is 5.56 Å². The maximum atomic E-state index is 11.0. The van der Waals surface area contributed by atoms with Gasteiger partial charge in [-0.2, -0.15) is 0 Å². The van der Waals surface area contributed by atoms with Gasteiger partial charge in [0.15, 0.2) is 0 Å². The molecule has 0 atom stereocenters. The van der Waals surface area contributed by atoms with Gasteiger partial charge in [-0.05, 0) is 0 Å². The maximum Gasteiger partial charge on any atom is 0.264 e. The minimum Gasteiger partial charge on any atom is -0.306 e. The van der Waals surface area contributed by atoms with E-state index in [2.05, 4.69) is 22.7 Å². The minimum absolute atomic E-state index is 0.215. The van der Waals surface area contributed by atoms with Crippen LogP contribution in [0.15, 0.2) is 22.0 Å². The summed E-state index contributed by atoms with van der Waals surface area (Å²) in [6.45, 7) is 0. The summed E-state index contributed by atoms with van der Waals surface area (Å²) >= 11 is 8.84. The molecule has 6 heteroatoms. The molecule has 0 aliphatic rings. The van der Waals surface area contributed by atoms with Gasteiger partial charge in [-0.1, -0.05) is 12.2 Å². The zero-order chi connectivity index (χ0) is 8.72. The van der Waals surface area contributed by atoms with Crippen molar-refractivity contribution in [2.75, 3.05) is 0 Å². The molecule has 0 aliphatic heterocycles. The number of nitrogens with zero attached hydrogens (tertiary/aromatic N) is 1. The van der Waals surface area contributed by atoms with Crippen LogP contribution < -0.4 is 5.56 Å². The molecule has 12 heavy (non-hydrogen) atoms. The summed E-state index contributed by atoms with van der Waals surface area (Å²) in [5, 5.41) is 2.84. The zero-order valence-corrected chi connectivity index (χ0v) is 7.58. The predicted octanol–water partition coefficient (Wildman–Crippen LogP) is 0.974. The molecule has 0 aliphatic carbocycles. The molecule has 0 saturated carbocycles. The van der Waals surface area contributed by atoms with Crippen LogP contribution in [0.5, 0.6) is 0 Å². The standard InChI is InChI=1S/C6H5N3OS2/c10-6-3(11)2-9-4(7-6)1-5(12)8-9/h1-2,11H,(H,7,10)(H,8,12). The van der Waals surface area contributed by atoms with Gasteiger partial charge in [0.1, 0.15) is 10.3 Å². The van der Waals surface area contributed by atoms with E-state index >= 15 is 0 Å². The van der Waals surface area contributed by atoms with Gasteiger partial charge in [0.05, 0.1) is 4.90 Å². The van der Waals surface area contributed by atoms with Gasteiger partial charge in [-0.15, -0.1) is 12.6 Å². The lowest BCUT2D eigenvalue weighted by Gasteiger charge is -1.93. The summed E-state index contributed by atoms with van der Waals surface area (Å²) in [6.07, 6.45) is 1.58. The summed E-state index contributed by atoms with van der Waals surface area (Å²) in [5.41, 5.74) is 0.426. The van der Waals surface area contributed by atoms with Gasteiger partial charge in [-0.25, -0.2) is 4.52 Å². The molecule has 0 spiro atoms. The lowest BCUT2D eigenvalue weighted by molar-refractivity contribution is 0.894. The van der Waals surface area contributed by atoms with Crippen molar-refractivity contribution in [2.45, 2.75) is 4.90 Å². The van der Waals surface area contributed by atoms with Crippen LogP contribution in [-0.4, -0.2) is 14.6 Å². The quantitative estimate of drug-likeness (QED) is 0.437. The van der Waals surface area contributed by atoms with Gasteiger partial charge in [-0.3, -0.25) is 9.89 Å². The Kier molecular flexibility index (Phi) is 1.59. The molecule has 2 N–H and O–H groups in total. The van der Waals surface area contributed by atoms with Gasteiger partial charge >= 0.3 is 0 Å². The highest BCUT2D eigenvalue weighted by Crippen LogP contribution is 2.00. The molecule has 0 fully saturated rings. The van der Waals surface area contributed by atoms with Crippen LogP contribution >= 0.6 is 24.8 Å². The van der Waals surface area contributed by atoms with E-state index in [0.717, 1.165) is 0 Å². The summed E-state index contributed by atoms with van der Waals surface area (Å²) in [6, 6.07) is 1.67. The Balaban J connectivity index is 3.01. The highest BCUT2D eigenvalue weighted by atomic mass is 32.1. The molecule has 62 valence electrons. The maximum absolute atomic E-state index is 11.0. The molecule has 2 aromatic rings. The van der Waals surface area contributed by atoms with Crippen LogP contribution in [0.2, 0.25) is 0 Å². The predicted molar refractivity (Wildman–Crippen MR) is 50.5 cm³/mol. The van der Waals surface area contributed by atoms with E-state index in [4.69, 9.17) is 12.2 Å². The molecular formula is C6H5N3OS2. The van der Waals surface area contributed by atoms with E-state index in [0.29, 0.717) is 15.2 Å². The van der Waals surface area contributed by atoms with E-state index in [9.17, 15) is 4.79 Å². The number of hydrogen-bond acceptors (Lipinski definition) is 3. The summed E-state index contributed by atoms with van der Waals surface area (Å²) in [7, 11) is 0. The first kappa shape index (κ1) is 7.63. The molecule has 4 nitrogen and oxygen atoms in total. The molecule has 0 amide bonds. The minimum atomic E-state index is -0.215. The zero-order valence-electron chi connectivity index (χ0n) is 5.87. The number of thiol groups is 1. The van der Waals surface area contributed by atoms with Crippen LogP contribution in [0.4, 0.5) is 0 Å². The van der Waals surface area contributed by atoms with Gasteiger partial charge in [0.2, 0.25) is 0 Å². The molecule has 0 unspecified atom stereocenters. The van der Waals surface area contributed by atoms with Crippen molar-refractivity contribution in [1.82, 2.24) is 14.6 Å². The van der Waals surface area contributed by atoms with E-state index in [1.807, 2.05) is 0 Å². The van der Waals surface area contributed by atoms with E-state index in [1.54, 1.807) is 16.8 Å². The summed E-state index contributed by atoms with van der Waals surface area (Å²) < 4.78 is 2.19. The number of aromatic amines is 2.